The van der Waals surface area contributed by atoms with E-state index < -0.39 is 0 Å². The van der Waals surface area contributed by atoms with Crippen LogP contribution in [0.5, 0.6) is 0 Å². The van der Waals surface area contributed by atoms with E-state index in [9.17, 15) is 0 Å². The van der Waals surface area contributed by atoms with Crippen LogP contribution in [0, 0.1) is 6.92 Å². The molecule has 0 aliphatic carbocycles. The molecule has 1 atom stereocenters. The Morgan fingerprint density at radius 2 is 1.94 bits per heavy atom. The maximum absolute atomic E-state index is 3.60. The van der Waals surface area contributed by atoms with E-state index in [0.29, 0.717) is 6.04 Å². The van der Waals surface area contributed by atoms with Crippen molar-refractivity contribution in [3.05, 3.63) is 29.8 Å². The molecule has 1 aromatic carbocycles. The Bertz CT molecular complexity index is 322. The highest BCUT2D eigenvalue weighted by atomic mass is 15.1. The number of anilines is 1. The van der Waals surface area contributed by atoms with Gasteiger partial charge < -0.3 is 10.2 Å². The zero-order valence-electron chi connectivity index (χ0n) is 11.7. The number of para-hydroxylation sites is 1. The topological polar surface area (TPSA) is 15.3 Å². The van der Waals surface area contributed by atoms with Crippen molar-refractivity contribution in [1.82, 2.24) is 5.32 Å². The monoisotopic (exact) mass is 234 g/mol. The fourth-order valence-electron chi connectivity index (χ4n) is 2.11. The second-order valence-electron chi connectivity index (χ2n) is 4.73. The Morgan fingerprint density at radius 3 is 2.53 bits per heavy atom. The SMILES string of the molecule is CCCNC(CC)CN(C)c1ccccc1C. The Labute approximate surface area is 106 Å². The summed E-state index contributed by atoms with van der Waals surface area (Å²) < 4.78 is 0. The molecule has 0 spiro atoms. The number of aryl methyl sites for hydroxylation is 1. The second kappa shape index (κ2) is 7.33. The van der Waals surface area contributed by atoms with E-state index in [1.165, 1.54) is 24.1 Å². The second-order valence-corrected chi connectivity index (χ2v) is 4.73. The van der Waals surface area contributed by atoms with Gasteiger partial charge in [0.2, 0.25) is 0 Å². The van der Waals surface area contributed by atoms with Gasteiger partial charge in [-0.3, -0.25) is 0 Å². The molecule has 0 amide bonds. The lowest BCUT2D eigenvalue weighted by atomic mass is 10.1. The van der Waals surface area contributed by atoms with Crippen LogP contribution >= 0.6 is 0 Å². The van der Waals surface area contributed by atoms with E-state index >= 15 is 0 Å². The predicted octanol–water partition coefficient (Wildman–Crippen LogP) is 3.21. The Hall–Kier alpha value is -1.02. The molecule has 0 saturated heterocycles. The Balaban J connectivity index is 2.58. The highest BCUT2D eigenvalue weighted by Gasteiger charge is 2.10. The number of benzene rings is 1. The molecule has 2 nitrogen and oxygen atoms in total. The minimum Gasteiger partial charge on any atom is -0.373 e. The van der Waals surface area contributed by atoms with E-state index in [-0.39, 0.29) is 0 Å². The first-order chi connectivity index (χ1) is 8.19. The van der Waals surface area contributed by atoms with Crippen molar-refractivity contribution >= 4 is 5.69 Å². The third-order valence-corrected chi connectivity index (χ3v) is 3.20. The van der Waals surface area contributed by atoms with Crippen LogP contribution in [0.15, 0.2) is 24.3 Å². The summed E-state index contributed by atoms with van der Waals surface area (Å²) in [5, 5.41) is 3.60. The van der Waals surface area contributed by atoms with Crippen LogP contribution in [0.25, 0.3) is 0 Å². The van der Waals surface area contributed by atoms with Crippen LogP contribution in [-0.2, 0) is 0 Å². The molecule has 0 aliphatic heterocycles. The quantitative estimate of drug-likeness (QED) is 0.779. The van der Waals surface area contributed by atoms with Gasteiger partial charge in [-0.25, -0.2) is 0 Å². The number of nitrogens with one attached hydrogen (secondary N) is 1. The van der Waals surface area contributed by atoms with E-state index in [1.54, 1.807) is 0 Å². The summed E-state index contributed by atoms with van der Waals surface area (Å²) in [7, 11) is 2.18. The van der Waals surface area contributed by atoms with Gasteiger partial charge in [-0.05, 0) is 37.9 Å². The third kappa shape index (κ3) is 4.39. The first-order valence-corrected chi connectivity index (χ1v) is 6.69. The zero-order valence-corrected chi connectivity index (χ0v) is 11.7. The predicted molar refractivity (Wildman–Crippen MR) is 76.8 cm³/mol. The molecule has 96 valence electrons. The van der Waals surface area contributed by atoms with Crippen LogP contribution < -0.4 is 10.2 Å². The summed E-state index contributed by atoms with van der Waals surface area (Å²) in [6.07, 6.45) is 2.38. The molecular formula is C15H26N2. The molecule has 17 heavy (non-hydrogen) atoms. The van der Waals surface area contributed by atoms with Gasteiger partial charge in [-0.2, -0.15) is 0 Å². The third-order valence-electron chi connectivity index (χ3n) is 3.20. The molecule has 1 N–H and O–H groups in total. The van der Waals surface area contributed by atoms with Crippen LogP contribution in [-0.4, -0.2) is 26.2 Å². The first kappa shape index (κ1) is 14.0. The fraction of sp³-hybridized carbons (Fsp3) is 0.600. The van der Waals surface area contributed by atoms with Gasteiger partial charge in [0, 0.05) is 25.3 Å². The standard InChI is InChI=1S/C15H26N2/c1-5-11-16-14(6-2)12-17(4)15-10-8-7-9-13(15)3/h7-10,14,16H,5-6,11-12H2,1-4H3. The molecule has 1 aromatic rings. The summed E-state index contributed by atoms with van der Waals surface area (Å²) in [5.41, 5.74) is 2.68. The van der Waals surface area contributed by atoms with Gasteiger partial charge in [0.05, 0.1) is 0 Å². The molecule has 2 heteroatoms. The number of nitrogens with zero attached hydrogens (tertiary/aromatic N) is 1. The molecule has 0 radical (unpaired) electrons. The van der Waals surface area contributed by atoms with E-state index in [0.717, 1.165) is 13.1 Å². The van der Waals surface area contributed by atoms with Crippen molar-refractivity contribution in [2.75, 3.05) is 25.0 Å². The van der Waals surface area contributed by atoms with Gasteiger partial charge in [0.25, 0.3) is 0 Å². The summed E-state index contributed by atoms with van der Waals surface area (Å²) in [6.45, 7) is 8.82. The first-order valence-electron chi connectivity index (χ1n) is 6.69. The summed E-state index contributed by atoms with van der Waals surface area (Å²) in [4.78, 5) is 2.35. The van der Waals surface area contributed by atoms with Crippen LogP contribution in [0.1, 0.15) is 32.3 Å². The van der Waals surface area contributed by atoms with Gasteiger partial charge in [0.1, 0.15) is 0 Å². The van der Waals surface area contributed by atoms with Crippen LogP contribution in [0.4, 0.5) is 5.69 Å². The molecular weight excluding hydrogens is 208 g/mol. The Kier molecular flexibility index (Phi) is 6.06. The van der Waals surface area contributed by atoms with Gasteiger partial charge in [-0.15, -0.1) is 0 Å². The average molecular weight is 234 g/mol. The fourth-order valence-corrected chi connectivity index (χ4v) is 2.11. The minimum absolute atomic E-state index is 0.583. The minimum atomic E-state index is 0.583. The molecule has 0 aromatic heterocycles. The van der Waals surface area contributed by atoms with Gasteiger partial charge >= 0.3 is 0 Å². The van der Waals surface area contributed by atoms with Crippen molar-refractivity contribution in [3.8, 4) is 0 Å². The smallest absolute Gasteiger partial charge is 0.0393 e. The molecule has 0 bridgehead atoms. The van der Waals surface area contributed by atoms with Gasteiger partial charge in [-0.1, -0.05) is 32.0 Å². The highest BCUT2D eigenvalue weighted by Crippen LogP contribution is 2.18. The molecule has 0 heterocycles. The molecule has 0 fully saturated rings. The van der Waals surface area contributed by atoms with E-state index in [4.69, 9.17) is 0 Å². The van der Waals surface area contributed by atoms with Crippen LogP contribution in [0.2, 0.25) is 0 Å². The molecule has 1 rings (SSSR count). The van der Waals surface area contributed by atoms with Crippen molar-refractivity contribution < 1.29 is 0 Å². The number of likely N-dealkylation sites (N-methyl/N-ethyl adjacent to an activating group) is 1. The molecule has 0 aliphatic rings. The van der Waals surface area contributed by atoms with Crippen molar-refractivity contribution in [2.45, 2.75) is 39.7 Å². The zero-order chi connectivity index (χ0) is 12.7. The van der Waals surface area contributed by atoms with E-state index in [1.807, 2.05) is 0 Å². The van der Waals surface area contributed by atoms with Crippen molar-refractivity contribution in [2.24, 2.45) is 0 Å². The lowest BCUT2D eigenvalue weighted by Crippen LogP contribution is -2.39. The maximum Gasteiger partial charge on any atom is 0.0393 e. The summed E-state index contributed by atoms with van der Waals surface area (Å²) >= 11 is 0. The normalized spacial score (nSPS) is 12.5. The summed E-state index contributed by atoms with van der Waals surface area (Å²) in [6, 6.07) is 9.16. The largest absolute Gasteiger partial charge is 0.373 e. The maximum atomic E-state index is 3.60. The highest BCUT2D eigenvalue weighted by molar-refractivity contribution is 5.52. The van der Waals surface area contributed by atoms with Gasteiger partial charge in [0.15, 0.2) is 0 Å². The summed E-state index contributed by atoms with van der Waals surface area (Å²) in [5.74, 6) is 0. The average Bonchev–Trinajstić information content (AvgIpc) is 2.34. The molecule has 0 saturated carbocycles. The number of hydrogen-bond acceptors (Lipinski definition) is 2. The number of rotatable bonds is 7. The lowest BCUT2D eigenvalue weighted by molar-refractivity contribution is 0.497. The Morgan fingerprint density at radius 1 is 1.24 bits per heavy atom. The van der Waals surface area contributed by atoms with Crippen molar-refractivity contribution in [1.29, 1.82) is 0 Å². The van der Waals surface area contributed by atoms with Crippen molar-refractivity contribution in [3.63, 3.8) is 0 Å². The van der Waals surface area contributed by atoms with Crippen LogP contribution in [0.3, 0.4) is 0 Å². The lowest BCUT2D eigenvalue weighted by Gasteiger charge is -2.27. The number of hydrogen-bond donors (Lipinski definition) is 1. The molecule has 1 unspecified atom stereocenters. The van der Waals surface area contributed by atoms with E-state index in [2.05, 4.69) is 62.3 Å².